The summed E-state index contributed by atoms with van der Waals surface area (Å²) in [5.74, 6) is 0.994. The molecule has 4 aromatic carbocycles. The predicted octanol–water partition coefficient (Wildman–Crippen LogP) is 8.17. The maximum absolute atomic E-state index is 13.1. The van der Waals surface area contributed by atoms with Crippen LogP contribution in [0.3, 0.4) is 0 Å². The number of para-hydroxylation sites is 1. The third-order valence-electron chi connectivity index (χ3n) is 7.06. The van der Waals surface area contributed by atoms with E-state index in [-0.39, 0.29) is 5.97 Å². The van der Waals surface area contributed by atoms with Crippen LogP contribution in [0.2, 0.25) is 5.02 Å². The molecule has 0 bridgehead atoms. The highest BCUT2D eigenvalue weighted by atomic mass is 35.5. The molecule has 0 fully saturated rings. The van der Waals surface area contributed by atoms with Gasteiger partial charge in [0.1, 0.15) is 11.5 Å². The first-order valence-electron chi connectivity index (χ1n) is 12.6. The minimum Gasteiger partial charge on any atom is -0.456 e. The number of hydrogen-bond donors (Lipinski definition) is 2. The number of unbranched alkanes of at least 4 members (excludes halogenated alkanes) is 1. The summed E-state index contributed by atoms with van der Waals surface area (Å²) in [6.45, 7) is 5.05. The molecule has 2 N–H and O–H groups in total. The summed E-state index contributed by atoms with van der Waals surface area (Å²) in [5.41, 5.74) is 5.61. The Morgan fingerprint density at radius 3 is 2.46 bits per heavy atom. The van der Waals surface area contributed by atoms with Gasteiger partial charge in [0.2, 0.25) is 0 Å². The number of hydrogen-bond acceptors (Lipinski definition) is 5. The van der Waals surface area contributed by atoms with E-state index in [0.29, 0.717) is 22.1 Å². The molecule has 5 nitrogen and oxygen atoms in total. The molecule has 0 amide bonds. The molecule has 2 heterocycles. The Morgan fingerprint density at radius 2 is 1.62 bits per heavy atom. The first-order chi connectivity index (χ1) is 18.0. The van der Waals surface area contributed by atoms with E-state index in [0.717, 1.165) is 58.7 Å². The highest BCUT2D eigenvalue weighted by Crippen LogP contribution is 2.56. The van der Waals surface area contributed by atoms with Gasteiger partial charge < -0.3 is 20.1 Å². The van der Waals surface area contributed by atoms with Gasteiger partial charge in [-0.3, -0.25) is 0 Å². The summed E-state index contributed by atoms with van der Waals surface area (Å²) in [4.78, 5) is 13.1. The number of halogens is 1. The minimum atomic E-state index is -1.09. The van der Waals surface area contributed by atoms with Crippen molar-refractivity contribution in [2.45, 2.75) is 32.3 Å². The van der Waals surface area contributed by atoms with Crippen LogP contribution in [-0.4, -0.2) is 12.5 Å². The second-order valence-electron chi connectivity index (χ2n) is 9.48. The molecule has 2 aliphatic rings. The average molecular weight is 511 g/mol. The number of rotatable bonds is 6. The smallest absolute Gasteiger partial charge is 0.340 e. The largest absolute Gasteiger partial charge is 0.456 e. The Bertz CT molecular complexity index is 1530. The molecular weight excluding hydrogens is 484 g/mol. The molecule has 4 aromatic rings. The van der Waals surface area contributed by atoms with E-state index in [4.69, 9.17) is 21.1 Å². The normalized spacial score (nSPS) is 16.9. The first kappa shape index (κ1) is 23.4. The van der Waals surface area contributed by atoms with Crippen LogP contribution >= 0.6 is 11.6 Å². The Kier molecular flexibility index (Phi) is 5.81. The standard InChI is InChI=1S/C31H27ClN2O3/c1-3-4-15-33-27-18-26(19(2)16-25(27)32)34-20-13-14-29-24(17-20)31(23-11-7-8-12-28(23)36-29)22-10-6-5-9-21(22)30(35)37-31/h5-14,16-18,33-34H,3-4,15H2,1-2H3. The van der Waals surface area contributed by atoms with Gasteiger partial charge in [0.15, 0.2) is 5.60 Å². The zero-order valence-corrected chi connectivity index (χ0v) is 21.5. The van der Waals surface area contributed by atoms with Gasteiger partial charge in [0, 0.05) is 34.6 Å². The zero-order valence-electron chi connectivity index (χ0n) is 20.7. The van der Waals surface area contributed by atoms with Crippen LogP contribution in [0.15, 0.2) is 78.9 Å². The number of aryl methyl sites for hydroxylation is 1. The van der Waals surface area contributed by atoms with Crippen LogP contribution in [0.25, 0.3) is 0 Å². The Labute approximate surface area is 221 Å². The summed E-state index contributed by atoms with van der Waals surface area (Å²) in [6.07, 6.45) is 2.18. The molecule has 0 aliphatic carbocycles. The number of fused-ring (bicyclic) bond motifs is 6. The third-order valence-corrected chi connectivity index (χ3v) is 7.37. The summed E-state index contributed by atoms with van der Waals surface area (Å²) >= 11 is 6.51. The fourth-order valence-electron chi connectivity index (χ4n) is 5.20. The van der Waals surface area contributed by atoms with E-state index in [1.165, 1.54) is 0 Å². The van der Waals surface area contributed by atoms with Crippen molar-refractivity contribution < 1.29 is 14.3 Å². The number of carbonyl (C=O) groups is 1. The van der Waals surface area contributed by atoms with Crippen molar-refractivity contribution in [1.29, 1.82) is 0 Å². The van der Waals surface area contributed by atoms with E-state index >= 15 is 0 Å². The fourth-order valence-corrected chi connectivity index (χ4v) is 5.48. The molecule has 0 saturated carbocycles. The lowest BCUT2D eigenvalue weighted by atomic mass is 9.77. The molecule has 0 aromatic heterocycles. The average Bonchev–Trinajstić information content (AvgIpc) is 3.20. The fraction of sp³-hybridized carbons (Fsp3) is 0.194. The van der Waals surface area contributed by atoms with Gasteiger partial charge in [0.05, 0.1) is 16.3 Å². The summed E-state index contributed by atoms with van der Waals surface area (Å²) in [5, 5.41) is 7.68. The zero-order chi connectivity index (χ0) is 25.6. The second-order valence-corrected chi connectivity index (χ2v) is 9.88. The van der Waals surface area contributed by atoms with E-state index in [9.17, 15) is 4.79 Å². The molecule has 0 radical (unpaired) electrons. The van der Waals surface area contributed by atoms with Crippen LogP contribution < -0.4 is 15.4 Å². The van der Waals surface area contributed by atoms with Crippen LogP contribution in [0.4, 0.5) is 17.1 Å². The maximum atomic E-state index is 13.1. The highest BCUT2D eigenvalue weighted by Gasteiger charge is 2.53. The Morgan fingerprint density at radius 1 is 0.865 bits per heavy atom. The van der Waals surface area contributed by atoms with Gasteiger partial charge in [-0.1, -0.05) is 61.3 Å². The van der Waals surface area contributed by atoms with Crippen LogP contribution in [0.5, 0.6) is 11.5 Å². The molecule has 2 aliphatic heterocycles. The summed E-state index contributed by atoms with van der Waals surface area (Å²) < 4.78 is 12.5. The highest BCUT2D eigenvalue weighted by molar-refractivity contribution is 6.33. The van der Waals surface area contributed by atoms with Crippen LogP contribution in [0, 0.1) is 6.92 Å². The maximum Gasteiger partial charge on any atom is 0.340 e. The molecule has 0 saturated heterocycles. The van der Waals surface area contributed by atoms with Crippen molar-refractivity contribution in [3.05, 3.63) is 112 Å². The van der Waals surface area contributed by atoms with E-state index in [2.05, 4.69) is 17.6 Å². The molecule has 1 spiro atoms. The number of anilines is 3. The van der Waals surface area contributed by atoms with Gasteiger partial charge in [-0.25, -0.2) is 4.79 Å². The quantitative estimate of drug-likeness (QED) is 0.202. The van der Waals surface area contributed by atoms with Gasteiger partial charge in [-0.15, -0.1) is 0 Å². The Balaban J connectivity index is 1.45. The number of carbonyl (C=O) groups excluding carboxylic acids is 1. The number of nitrogens with one attached hydrogen (secondary N) is 2. The summed E-state index contributed by atoms with van der Waals surface area (Å²) in [7, 11) is 0. The molecule has 37 heavy (non-hydrogen) atoms. The van der Waals surface area contributed by atoms with Gasteiger partial charge in [0.25, 0.3) is 0 Å². The lowest BCUT2D eigenvalue weighted by Gasteiger charge is -2.36. The predicted molar refractivity (Wildman–Crippen MR) is 148 cm³/mol. The number of esters is 1. The van der Waals surface area contributed by atoms with E-state index < -0.39 is 5.60 Å². The topological polar surface area (TPSA) is 59.6 Å². The van der Waals surface area contributed by atoms with Gasteiger partial charge >= 0.3 is 5.97 Å². The molecular formula is C31H27ClN2O3. The molecule has 186 valence electrons. The minimum absolute atomic E-state index is 0.340. The Hall–Kier alpha value is -3.96. The van der Waals surface area contributed by atoms with E-state index in [1.807, 2.05) is 85.8 Å². The molecule has 6 rings (SSSR count). The lowest BCUT2D eigenvalue weighted by molar-refractivity contribution is 0.0224. The number of ether oxygens (including phenoxy) is 2. The molecule has 6 heteroatoms. The van der Waals surface area contributed by atoms with Crippen LogP contribution in [-0.2, 0) is 10.3 Å². The van der Waals surface area contributed by atoms with E-state index in [1.54, 1.807) is 0 Å². The molecule has 1 unspecified atom stereocenters. The number of benzene rings is 4. The first-order valence-corrected chi connectivity index (χ1v) is 12.9. The SMILES string of the molecule is CCCCNc1cc(Nc2ccc3c(c2)C2(OC(=O)c4ccccc42)c2ccccc2O3)c(C)cc1Cl. The van der Waals surface area contributed by atoms with Crippen molar-refractivity contribution in [2.24, 2.45) is 0 Å². The van der Waals surface area contributed by atoms with Crippen molar-refractivity contribution in [2.75, 3.05) is 17.2 Å². The second kappa shape index (κ2) is 9.16. The lowest BCUT2D eigenvalue weighted by Crippen LogP contribution is -2.33. The monoisotopic (exact) mass is 510 g/mol. The van der Waals surface area contributed by atoms with Gasteiger partial charge in [-0.05, 0) is 61.4 Å². The van der Waals surface area contributed by atoms with Crippen molar-refractivity contribution in [3.63, 3.8) is 0 Å². The van der Waals surface area contributed by atoms with Gasteiger partial charge in [-0.2, -0.15) is 0 Å². The van der Waals surface area contributed by atoms with Crippen LogP contribution in [0.1, 0.15) is 52.4 Å². The third kappa shape index (κ3) is 3.82. The molecule has 1 atom stereocenters. The van der Waals surface area contributed by atoms with Crippen molar-refractivity contribution >= 4 is 34.6 Å². The van der Waals surface area contributed by atoms with Crippen molar-refractivity contribution in [1.82, 2.24) is 0 Å². The summed E-state index contributed by atoms with van der Waals surface area (Å²) in [6, 6.07) is 25.2. The van der Waals surface area contributed by atoms with Crippen molar-refractivity contribution in [3.8, 4) is 11.5 Å².